The van der Waals surface area contributed by atoms with Crippen LogP contribution in [-0.4, -0.2) is 23.9 Å². The van der Waals surface area contributed by atoms with Crippen molar-refractivity contribution < 1.29 is 4.79 Å². The van der Waals surface area contributed by atoms with E-state index in [9.17, 15) is 4.79 Å². The van der Waals surface area contributed by atoms with Crippen LogP contribution >= 0.6 is 0 Å². The topological polar surface area (TPSA) is 46.3 Å². The van der Waals surface area contributed by atoms with Crippen LogP contribution < -0.4 is 5.84 Å². The van der Waals surface area contributed by atoms with Gasteiger partial charge in [0.25, 0.3) is 0 Å². The Morgan fingerprint density at radius 2 is 0.857 bits per heavy atom. The van der Waals surface area contributed by atoms with Crippen molar-refractivity contribution in [1.82, 2.24) is 5.01 Å². The van der Waals surface area contributed by atoms with Gasteiger partial charge in [-0.05, 0) is 25.7 Å². The molecule has 3 heteroatoms. The van der Waals surface area contributed by atoms with Gasteiger partial charge in [-0.1, -0.05) is 104 Å². The predicted molar refractivity (Wildman–Crippen MR) is 124 cm³/mol. The molecule has 0 aliphatic carbocycles. The molecule has 0 unspecified atom stereocenters. The van der Waals surface area contributed by atoms with E-state index in [-0.39, 0.29) is 0 Å². The summed E-state index contributed by atoms with van der Waals surface area (Å²) < 4.78 is 0. The molecule has 168 valence electrons. The van der Waals surface area contributed by atoms with Crippen molar-refractivity contribution in [2.24, 2.45) is 5.84 Å². The lowest BCUT2D eigenvalue weighted by Crippen LogP contribution is -2.32. The number of Topliss-reactive ketones (excluding diaryl/α,β-unsaturated/α-hetero) is 1. The minimum absolute atomic E-state index is 0.487. The number of carbonyl (C=O) groups excluding carboxylic acids is 1. The summed E-state index contributed by atoms with van der Waals surface area (Å²) in [4.78, 5) is 11.9. The number of hydrogen-bond acceptors (Lipinski definition) is 3. The summed E-state index contributed by atoms with van der Waals surface area (Å²) in [6.45, 7) is 6.57. The normalized spacial score (nSPS) is 11.4. The Labute approximate surface area is 177 Å². The third kappa shape index (κ3) is 21.9. The van der Waals surface area contributed by atoms with E-state index in [0.717, 1.165) is 38.8 Å². The van der Waals surface area contributed by atoms with Crippen molar-refractivity contribution in [3.05, 3.63) is 0 Å². The molecule has 0 aromatic rings. The Kier molecular flexibility index (Phi) is 22.5. The number of nitrogens with two attached hydrogens (primary N) is 1. The van der Waals surface area contributed by atoms with Crippen molar-refractivity contribution in [1.29, 1.82) is 0 Å². The summed E-state index contributed by atoms with van der Waals surface area (Å²) in [5.41, 5.74) is 0. The van der Waals surface area contributed by atoms with Gasteiger partial charge in [0.2, 0.25) is 0 Å². The van der Waals surface area contributed by atoms with Gasteiger partial charge in [-0.2, -0.15) is 0 Å². The van der Waals surface area contributed by atoms with Gasteiger partial charge in [-0.15, -0.1) is 0 Å². The molecule has 0 saturated carbocycles. The Bertz CT molecular complexity index is 320. The Morgan fingerprint density at radius 3 is 1.25 bits per heavy atom. The second-order valence-electron chi connectivity index (χ2n) is 8.73. The van der Waals surface area contributed by atoms with E-state index in [4.69, 9.17) is 5.84 Å². The van der Waals surface area contributed by atoms with Crippen LogP contribution in [0.3, 0.4) is 0 Å². The molecule has 3 nitrogen and oxygen atoms in total. The zero-order valence-electron chi connectivity index (χ0n) is 19.5. The van der Waals surface area contributed by atoms with Gasteiger partial charge in [0.15, 0.2) is 0 Å². The smallest absolute Gasteiger partial charge is 0.132 e. The fourth-order valence-corrected chi connectivity index (χ4v) is 3.78. The van der Waals surface area contributed by atoms with Crippen LogP contribution in [0.15, 0.2) is 0 Å². The number of hydrogen-bond donors (Lipinski definition) is 1. The minimum atomic E-state index is 0.487. The van der Waals surface area contributed by atoms with E-state index in [0.29, 0.717) is 5.78 Å². The second-order valence-corrected chi connectivity index (χ2v) is 8.73. The zero-order chi connectivity index (χ0) is 20.7. The molecule has 28 heavy (non-hydrogen) atoms. The molecule has 0 atom stereocenters. The van der Waals surface area contributed by atoms with Crippen LogP contribution in [0.4, 0.5) is 0 Å². The minimum Gasteiger partial charge on any atom is -0.300 e. The van der Waals surface area contributed by atoms with Crippen LogP contribution in [0.1, 0.15) is 142 Å². The van der Waals surface area contributed by atoms with Crippen molar-refractivity contribution in [2.75, 3.05) is 13.1 Å². The summed E-state index contributed by atoms with van der Waals surface area (Å²) in [5, 5.41) is 2.01. The first-order chi connectivity index (χ1) is 13.7. The number of carbonyl (C=O) groups is 1. The molecule has 0 fully saturated rings. The fraction of sp³-hybridized carbons (Fsp3) is 0.960. The first-order valence-corrected chi connectivity index (χ1v) is 12.7. The lowest BCUT2D eigenvalue weighted by atomic mass is 10.0. The molecular formula is C25H52N2O. The van der Waals surface area contributed by atoms with Gasteiger partial charge in [0.1, 0.15) is 5.78 Å². The Morgan fingerprint density at radius 1 is 0.536 bits per heavy atom. The maximum absolute atomic E-state index is 11.9. The Balaban J connectivity index is 3.25. The zero-order valence-corrected chi connectivity index (χ0v) is 19.5. The molecule has 2 N–H and O–H groups in total. The molecule has 0 amide bonds. The summed E-state index contributed by atoms with van der Waals surface area (Å²) in [7, 11) is 0. The van der Waals surface area contributed by atoms with E-state index in [1.54, 1.807) is 0 Å². The molecule has 0 saturated heterocycles. The third-order valence-electron chi connectivity index (χ3n) is 5.76. The predicted octanol–water partition coefficient (Wildman–Crippen LogP) is 7.57. The lowest BCUT2D eigenvalue weighted by molar-refractivity contribution is -0.119. The highest BCUT2D eigenvalue weighted by atomic mass is 16.1. The molecular weight excluding hydrogens is 344 g/mol. The van der Waals surface area contributed by atoms with Crippen molar-refractivity contribution in [3.63, 3.8) is 0 Å². The van der Waals surface area contributed by atoms with Gasteiger partial charge in [0, 0.05) is 25.9 Å². The third-order valence-corrected chi connectivity index (χ3v) is 5.76. The molecule has 0 spiro atoms. The summed E-state index contributed by atoms with van der Waals surface area (Å²) >= 11 is 0. The first kappa shape index (κ1) is 27.6. The van der Waals surface area contributed by atoms with E-state index in [1.807, 2.05) is 5.01 Å². The molecule has 0 aliphatic heterocycles. The van der Waals surface area contributed by atoms with Crippen LogP contribution in [0.2, 0.25) is 0 Å². The molecule has 0 rings (SSSR count). The maximum atomic E-state index is 11.9. The molecule has 0 radical (unpaired) electrons. The van der Waals surface area contributed by atoms with Crippen molar-refractivity contribution >= 4 is 5.78 Å². The van der Waals surface area contributed by atoms with Crippen LogP contribution in [-0.2, 0) is 4.79 Å². The summed E-state index contributed by atoms with van der Waals surface area (Å²) in [6.07, 6.45) is 24.6. The number of rotatable bonds is 23. The average Bonchev–Trinajstić information content (AvgIpc) is 2.69. The number of unbranched alkanes of at least 4 members (excludes halogenated alkanes) is 15. The van der Waals surface area contributed by atoms with Gasteiger partial charge in [0.05, 0.1) is 0 Å². The van der Waals surface area contributed by atoms with Crippen LogP contribution in [0.25, 0.3) is 0 Å². The highest BCUT2D eigenvalue weighted by Gasteiger charge is 2.03. The number of ketones is 1. The van der Waals surface area contributed by atoms with E-state index >= 15 is 0 Å². The van der Waals surface area contributed by atoms with Crippen molar-refractivity contribution in [3.8, 4) is 0 Å². The number of hydrazine groups is 1. The van der Waals surface area contributed by atoms with Crippen LogP contribution in [0, 0.1) is 0 Å². The maximum Gasteiger partial charge on any atom is 0.132 e. The SMILES string of the molecule is CCCCCCCCCC(=O)CCCCCCCN(N)CCCCCCCC. The highest BCUT2D eigenvalue weighted by molar-refractivity contribution is 5.78. The van der Waals surface area contributed by atoms with Gasteiger partial charge < -0.3 is 0 Å². The number of nitrogens with zero attached hydrogens (tertiary/aromatic N) is 1. The Hall–Kier alpha value is -0.410. The van der Waals surface area contributed by atoms with E-state index in [1.165, 1.54) is 103 Å². The van der Waals surface area contributed by atoms with E-state index < -0.39 is 0 Å². The first-order valence-electron chi connectivity index (χ1n) is 12.7. The average molecular weight is 397 g/mol. The monoisotopic (exact) mass is 396 g/mol. The quantitative estimate of drug-likeness (QED) is 0.110. The largest absolute Gasteiger partial charge is 0.300 e. The lowest BCUT2D eigenvalue weighted by Gasteiger charge is -2.15. The summed E-state index contributed by atoms with van der Waals surface area (Å²) in [5.74, 6) is 6.56. The van der Waals surface area contributed by atoms with Gasteiger partial charge in [-0.25, -0.2) is 5.01 Å². The van der Waals surface area contributed by atoms with Crippen LogP contribution in [0.5, 0.6) is 0 Å². The standard InChI is InChI=1S/C25H52N2O/c1-3-5-7-9-11-13-17-21-25(28)22-18-14-12-16-20-24-27(26)23-19-15-10-8-6-4-2/h3-24,26H2,1-2H3. The molecule has 0 heterocycles. The van der Waals surface area contributed by atoms with Crippen molar-refractivity contribution in [2.45, 2.75) is 142 Å². The molecule has 0 bridgehead atoms. The van der Waals surface area contributed by atoms with Gasteiger partial charge >= 0.3 is 0 Å². The fourth-order valence-electron chi connectivity index (χ4n) is 3.78. The summed E-state index contributed by atoms with van der Waals surface area (Å²) in [6, 6.07) is 0. The molecule has 0 aromatic carbocycles. The molecule has 0 aliphatic rings. The second kappa shape index (κ2) is 22.9. The highest BCUT2D eigenvalue weighted by Crippen LogP contribution is 2.12. The van der Waals surface area contributed by atoms with Gasteiger partial charge in [-0.3, -0.25) is 10.6 Å². The van der Waals surface area contributed by atoms with E-state index in [2.05, 4.69) is 13.8 Å². The molecule has 0 aromatic heterocycles.